The number of aromatic amines is 1. The number of benzene rings is 1. The van der Waals surface area contributed by atoms with Crippen molar-refractivity contribution in [1.82, 2.24) is 14.9 Å². The number of H-pyrrole nitrogens is 1. The zero-order valence-electron chi connectivity index (χ0n) is 14.7. The molecule has 3 rings (SSSR count). The first-order valence-electron chi connectivity index (χ1n) is 8.16. The molecular weight excluding hydrogens is 354 g/mol. The molecule has 1 atom stereocenters. The number of nitrogens with one attached hydrogen (secondary N) is 2. The Morgan fingerprint density at radius 1 is 1.38 bits per heavy atom. The van der Waals surface area contributed by atoms with E-state index in [0.29, 0.717) is 24.6 Å². The Hall–Kier alpha value is -2.58. The van der Waals surface area contributed by atoms with Gasteiger partial charge in [-0.25, -0.2) is 0 Å². The van der Waals surface area contributed by atoms with E-state index in [1.165, 1.54) is 4.57 Å². The molecule has 0 fully saturated rings. The van der Waals surface area contributed by atoms with E-state index in [-0.39, 0.29) is 16.2 Å². The fraction of sp³-hybridized carbons (Fsp3) is 0.333. The molecule has 3 N–H and O–H groups in total. The van der Waals surface area contributed by atoms with Crippen molar-refractivity contribution in [2.75, 3.05) is 20.8 Å². The maximum absolute atomic E-state index is 12.6. The van der Waals surface area contributed by atoms with Crippen molar-refractivity contribution >= 4 is 12.2 Å². The maximum atomic E-state index is 12.6. The monoisotopic (exact) mass is 375 g/mol. The number of hydrogen-bond donors (Lipinski definition) is 3. The Bertz CT molecular complexity index is 964. The second-order valence-electron chi connectivity index (χ2n) is 5.94. The molecule has 0 aliphatic carbocycles. The molecule has 0 spiro atoms. The van der Waals surface area contributed by atoms with Gasteiger partial charge in [0.15, 0.2) is 16.3 Å². The summed E-state index contributed by atoms with van der Waals surface area (Å²) in [5.41, 5.74) is 1.68. The van der Waals surface area contributed by atoms with Gasteiger partial charge in [0.25, 0.3) is 5.56 Å². The highest BCUT2D eigenvalue weighted by Gasteiger charge is 2.29. The number of nitrogens with zero attached hydrogens (tertiary/aromatic N) is 1. The van der Waals surface area contributed by atoms with Crippen LogP contribution in [0.15, 0.2) is 29.6 Å². The van der Waals surface area contributed by atoms with E-state index in [9.17, 15) is 9.90 Å². The lowest BCUT2D eigenvalue weighted by Gasteiger charge is -2.28. The van der Waals surface area contributed by atoms with Gasteiger partial charge < -0.3 is 19.9 Å². The van der Waals surface area contributed by atoms with E-state index < -0.39 is 11.6 Å². The highest BCUT2D eigenvalue weighted by atomic mass is 32.1. The molecule has 1 aromatic carbocycles. The number of aromatic hydroxyl groups is 1. The SMILES string of the molecule is C=CCn1c(O)c(C2NCCc3cc(OC)c(OC)cc32)c(=O)[nH]c1=S. The van der Waals surface area contributed by atoms with Crippen LogP contribution < -0.4 is 20.3 Å². The molecule has 2 heterocycles. The molecule has 26 heavy (non-hydrogen) atoms. The number of methoxy groups -OCH3 is 2. The molecule has 1 aliphatic heterocycles. The highest BCUT2D eigenvalue weighted by Crippen LogP contribution is 2.38. The van der Waals surface area contributed by atoms with Gasteiger partial charge in [-0.2, -0.15) is 0 Å². The Morgan fingerprint density at radius 2 is 2.08 bits per heavy atom. The molecule has 2 aromatic rings. The standard InChI is InChI=1S/C18H21N3O4S/c1-4-7-21-17(23)14(16(22)20-18(21)26)15-11-9-13(25-3)12(24-2)8-10(11)5-6-19-15/h4,8-9,15,19,23H,1,5-7H2,2-3H3,(H,20,22,26). The molecule has 0 amide bonds. The van der Waals surface area contributed by atoms with E-state index in [0.717, 1.165) is 17.5 Å². The van der Waals surface area contributed by atoms with Crippen LogP contribution in [0.5, 0.6) is 17.4 Å². The molecule has 1 aliphatic rings. The summed E-state index contributed by atoms with van der Waals surface area (Å²) in [6, 6.07) is 3.25. The molecule has 0 saturated heterocycles. The van der Waals surface area contributed by atoms with Crippen LogP contribution in [-0.2, 0) is 13.0 Å². The molecule has 0 saturated carbocycles. The molecule has 8 heteroatoms. The van der Waals surface area contributed by atoms with Crippen molar-refractivity contribution in [3.63, 3.8) is 0 Å². The summed E-state index contributed by atoms with van der Waals surface area (Å²) in [5.74, 6) is 1.03. The predicted molar refractivity (Wildman–Crippen MR) is 101 cm³/mol. The molecule has 1 unspecified atom stereocenters. The summed E-state index contributed by atoms with van der Waals surface area (Å²) < 4.78 is 12.4. The van der Waals surface area contributed by atoms with Crippen LogP contribution in [0.1, 0.15) is 22.7 Å². The number of fused-ring (bicyclic) bond motifs is 1. The predicted octanol–water partition coefficient (Wildman–Crippen LogP) is 2.05. The van der Waals surface area contributed by atoms with E-state index in [4.69, 9.17) is 21.7 Å². The summed E-state index contributed by atoms with van der Waals surface area (Å²) in [7, 11) is 3.14. The van der Waals surface area contributed by atoms with Crippen LogP contribution in [0.3, 0.4) is 0 Å². The minimum atomic E-state index is -0.492. The fourth-order valence-electron chi connectivity index (χ4n) is 3.27. The molecular formula is C18H21N3O4S. The summed E-state index contributed by atoms with van der Waals surface area (Å²) in [5, 5.41) is 14.0. The van der Waals surface area contributed by atoms with Crippen molar-refractivity contribution < 1.29 is 14.6 Å². The van der Waals surface area contributed by atoms with Crippen LogP contribution in [0.4, 0.5) is 0 Å². The van der Waals surface area contributed by atoms with Crippen LogP contribution in [0.25, 0.3) is 0 Å². The Balaban J connectivity index is 2.22. The Kier molecular flexibility index (Phi) is 5.15. The number of ether oxygens (including phenoxy) is 2. The average Bonchev–Trinajstić information content (AvgIpc) is 2.64. The normalized spacial score (nSPS) is 16.0. The first kappa shape index (κ1) is 18.2. The summed E-state index contributed by atoms with van der Waals surface area (Å²) in [6.07, 6.45) is 2.38. The largest absolute Gasteiger partial charge is 0.494 e. The molecule has 0 bridgehead atoms. The van der Waals surface area contributed by atoms with Gasteiger partial charge in [-0.1, -0.05) is 6.08 Å². The zero-order valence-corrected chi connectivity index (χ0v) is 15.5. The van der Waals surface area contributed by atoms with Gasteiger partial charge in [0, 0.05) is 13.1 Å². The minimum absolute atomic E-state index is 0.152. The number of hydrogen-bond acceptors (Lipinski definition) is 6. The molecule has 1 aromatic heterocycles. The lowest BCUT2D eigenvalue weighted by molar-refractivity contribution is 0.352. The maximum Gasteiger partial charge on any atom is 0.260 e. The molecule has 138 valence electrons. The van der Waals surface area contributed by atoms with Gasteiger partial charge >= 0.3 is 0 Å². The first-order chi connectivity index (χ1) is 12.5. The fourth-order valence-corrected chi connectivity index (χ4v) is 3.53. The van der Waals surface area contributed by atoms with Gasteiger partial charge in [-0.05, 0) is 41.9 Å². The summed E-state index contributed by atoms with van der Waals surface area (Å²) >= 11 is 5.15. The summed E-state index contributed by atoms with van der Waals surface area (Å²) in [4.78, 5) is 15.2. The average molecular weight is 375 g/mol. The van der Waals surface area contributed by atoms with Gasteiger partial charge in [0.05, 0.1) is 25.8 Å². The topological polar surface area (TPSA) is 88.5 Å². The quantitative estimate of drug-likeness (QED) is 0.548. The van der Waals surface area contributed by atoms with E-state index in [2.05, 4.69) is 16.9 Å². The van der Waals surface area contributed by atoms with Crippen molar-refractivity contribution in [3.05, 3.63) is 56.6 Å². The third kappa shape index (κ3) is 3.02. The molecule has 0 radical (unpaired) electrons. The Labute approximate surface area is 155 Å². The zero-order chi connectivity index (χ0) is 18.8. The second-order valence-corrected chi connectivity index (χ2v) is 6.33. The van der Waals surface area contributed by atoms with E-state index in [1.54, 1.807) is 20.3 Å². The van der Waals surface area contributed by atoms with E-state index in [1.807, 2.05) is 12.1 Å². The number of rotatable bonds is 5. The highest BCUT2D eigenvalue weighted by molar-refractivity contribution is 7.71. The lowest BCUT2D eigenvalue weighted by atomic mass is 9.90. The third-order valence-electron chi connectivity index (χ3n) is 4.51. The van der Waals surface area contributed by atoms with Crippen LogP contribution in [-0.4, -0.2) is 35.4 Å². The van der Waals surface area contributed by atoms with E-state index >= 15 is 0 Å². The third-order valence-corrected chi connectivity index (χ3v) is 4.83. The summed E-state index contributed by atoms with van der Waals surface area (Å²) in [6.45, 7) is 4.61. The molecule has 7 nitrogen and oxygen atoms in total. The minimum Gasteiger partial charge on any atom is -0.494 e. The van der Waals surface area contributed by atoms with Crippen LogP contribution >= 0.6 is 12.2 Å². The smallest absolute Gasteiger partial charge is 0.260 e. The van der Waals surface area contributed by atoms with Crippen molar-refractivity contribution in [1.29, 1.82) is 0 Å². The van der Waals surface area contributed by atoms with Crippen LogP contribution in [0.2, 0.25) is 0 Å². The van der Waals surface area contributed by atoms with Crippen molar-refractivity contribution in [2.45, 2.75) is 19.0 Å². The van der Waals surface area contributed by atoms with Gasteiger partial charge in [0.1, 0.15) is 0 Å². The van der Waals surface area contributed by atoms with Gasteiger partial charge in [-0.15, -0.1) is 6.58 Å². The lowest BCUT2D eigenvalue weighted by Crippen LogP contribution is -2.35. The number of aromatic nitrogens is 2. The van der Waals surface area contributed by atoms with Crippen molar-refractivity contribution in [2.24, 2.45) is 0 Å². The van der Waals surface area contributed by atoms with Gasteiger partial charge in [-0.3, -0.25) is 14.3 Å². The second kappa shape index (κ2) is 7.35. The van der Waals surface area contributed by atoms with Gasteiger partial charge in [0.2, 0.25) is 5.88 Å². The van der Waals surface area contributed by atoms with Crippen LogP contribution in [0, 0.1) is 4.77 Å². The number of allylic oxidation sites excluding steroid dienone is 1. The van der Waals surface area contributed by atoms with Crippen molar-refractivity contribution in [3.8, 4) is 17.4 Å². The Morgan fingerprint density at radius 3 is 2.73 bits per heavy atom. The first-order valence-corrected chi connectivity index (χ1v) is 8.57.